The Morgan fingerprint density at radius 3 is 2.80 bits per heavy atom. The zero-order valence-corrected chi connectivity index (χ0v) is 12.1. The topological polar surface area (TPSA) is 42.2 Å². The molecule has 2 aliphatic rings. The molecule has 4 rings (SSSR count). The molecule has 2 unspecified atom stereocenters. The molecule has 20 heavy (non-hydrogen) atoms. The van der Waals surface area contributed by atoms with E-state index < -0.39 is 0 Å². The Bertz CT molecular complexity index is 565. The summed E-state index contributed by atoms with van der Waals surface area (Å²) < 4.78 is 5.35. The van der Waals surface area contributed by atoms with Crippen LogP contribution in [0, 0.1) is 0 Å². The molecule has 0 radical (unpaired) electrons. The van der Waals surface area contributed by atoms with Gasteiger partial charge in [-0.2, -0.15) is 5.10 Å². The van der Waals surface area contributed by atoms with Gasteiger partial charge in [0.2, 0.25) is 0 Å². The van der Waals surface area contributed by atoms with Gasteiger partial charge in [0, 0.05) is 12.0 Å². The standard InChI is InChI=1S/C15H17N3O.ClH/c1-3-13(19-10-1)12-4-5-14(17-16-12)15-6-2-8-18(11-15)9-7-15;/h1,3-5,10H,2,6-9,11H2;1H. The van der Waals surface area contributed by atoms with Crippen LogP contribution in [0.1, 0.15) is 25.0 Å². The summed E-state index contributed by atoms with van der Waals surface area (Å²) in [6.07, 6.45) is 5.42. The van der Waals surface area contributed by atoms with Crippen LogP contribution in [0.5, 0.6) is 0 Å². The average Bonchev–Trinajstić information content (AvgIpc) is 3.09. The van der Waals surface area contributed by atoms with E-state index in [1.807, 2.05) is 18.2 Å². The lowest BCUT2D eigenvalue weighted by Gasteiger charge is -2.33. The second kappa shape index (κ2) is 5.19. The fourth-order valence-corrected chi connectivity index (χ4v) is 3.50. The Kier molecular flexibility index (Phi) is 3.52. The molecule has 0 saturated carbocycles. The molecule has 4 nitrogen and oxygen atoms in total. The number of halogens is 1. The molecular weight excluding hydrogens is 274 g/mol. The third-order valence-corrected chi connectivity index (χ3v) is 4.54. The second-order valence-corrected chi connectivity index (χ2v) is 5.69. The normalized spacial score (nSPS) is 28.1. The molecule has 0 amide bonds. The zero-order valence-electron chi connectivity index (χ0n) is 11.3. The number of furan rings is 1. The van der Waals surface area contributed by atoms with Gasteiger partial charge in [0.1, 0.15) is 5.69 Å². The minimum Gasteiger partial charge on any atom is -0.463 e. The average molecular weight is 292 g/mol. The summed E-state index contributed by atoms with van der Waals surface area (Å²) in [6.45, 7) is 3.61. The van der Waals surface area contributed by atoms with Crippen LogP contribution in [-0.4, -0.2) is 34.7 Å². The molecule has 2 saturated heterocycles. The van der Waals surface area contributed by atoms with Crippen molar-refractivity contribution < 1.29 is 4.42 Å². The Labute approximate surface area is 124 Å². The first-order chi connectivity index (χ1) is 9.36. The highest BCUT2D eigenvalue weighted by Gasteiger charge is 2.43. The van der Waals surface area contributed by atoms with Crippen molar-refractivity contribution in [1.29, 1.82) is 0 Å². The number of aromatic nitrogens is 2. The van der Waals surface area contributed by atoms with Crippen LogP contribution in [0.4, 0.5) is 0 Å². The van der Waals surface area contributed by atoms with Crippen LogP contribution in [0.3, 0.4) is 0 Å². The Balaban J connectivity index is 0.00000121. The second-order valence-electron chi connectivity index (χ2n) is 5.69. The van der Waals surface area contributed by atoms with E-state index in [-0.39, 0.29) is 17.8 Å². The highest BCUT2D eigenvalue weighted by molar-refractivity contribution is 5.85. The Hall–Kier alpha value is -1.39. The van der Waals surface area contributed by atoms with Crippen LogP contribution in [0.2, 0.25) is 0 Å². The monoisotopic (exact) mass is 291 g/mol. The smallest absolute Gasteiger partial charge is 0.154 e. The van der Waals surface area contributed by atoms with Crippen molar-refractivity contribution in [1.82, 2.24) is 15.1 Å². The summed E-state index contributed by atoms with van der Waals surface area (Å²) in [5, 5.41) is 8.84. The van der Waals surface area contributed by atoms with Crippen molar-refractivity contribution in [2.45, 2.75) is 24.7 Å². The molecule has 2 bridgehead atoms. The van der Waals surface area contributed by atoms with Crippen LogP contribution in [0.15, 0.2) is 34.9 Å². The lowest BCUT2D eigenvalue weighted by molar-refractivity contribution is 0.239. The van der Waals surface area contributed by atoms with Crippen molar-refractivity contribution in [3.05, 3.63) is 36.2 Å². The third kappa shape index (κ3) is 2.13. The highest BCUT2D eigenvalue weighted by Crippen LogP contribution is 2.41. The van der Waals surface area contributed by atoms with Gasteiger partial charge in [-0.25, -0.2) is 0 Å². The van der Waals surface area contributed by atoms with Crippen molar-refractivity contribution in [2.75, 3.05) is 19.6 Å². The molecule has 0 N–H and O–H groups in total. The van der Waals surface area contributed by atoms with Gasteiger partial charge in [-0.05, 0) is 56.6 Å². The molecule has 4 heterocycles. The van der Waals surface area contributed by atoms with Crippen molar-refractivity contribution >= 4 is 12.4 Å². The molecule has 2 aromatic rings. The van der Waals surface area contributed by atoms with E-state index >= 15 is 0 Å². The van der Waals surface area contributed by atoms with Crippen LogP contribution in [0.25, 0.3) is 11.5 Å². The molecule has 0 spiro atoms. The zero-order chi connectivity index (χ0) is 12.7. The lowest BCUT2D eigenvalue weighted by Crippen LogP contribution is -2.37. The van der Waals surface area contributed by atoms with Gasteiger partial charge in [0.05, 0.1) is 12.0 Å². The van der Waals surface area contributed by atoms with Crippen LogP contribution >= 0.6 is 12.4 Å². The number of fused-ring (bicyclic) bond motifs is 2. The third-order valence-electron chi connectivity index (χ3n) is 4.54. The van der Waals surface area contributed by atoms with Crippen LogP contribution in [-0.2, 0) is 5.41 Å². The summed E-state index contributed by atoms with van der Waals surface area (Å²) in [5.41, 5.74) is 2.23. The molecular formula is C15H18ClN3O. The van der Waals surface area contributed by atoms with E-state index in [1.165, 1.54) is 32.4 Å². The molecule has 2 atom stereocenters. The van der Waals surface area contributed by atoms with Gasteiger partial charge in [0.25, 0.3) is 0 Å². The summed E-state index contributed by atoms with van der Waals surface area (Å²) in [4.78, 5) is 2.55. The van der Waals surface area contributed by atoms with Gasteiger partial charge < -0.3 is 9.32 Å². The number of hydrogen-bond acceptors (Lipinski definition) is 4. The summed E-state index contributed by atoms with van der Waals surface area (Å²) in [6, 6.07) is 7.96. The Morgan fingerprint density at radius 2 is 2.05 bits per heavy atom. The largest absolute Gasteiger partial charge is 0.463 e. The predicted molar refractivity (Wildman–Crippen MR) is 79.0 cm³/mol. The molecule has 0 aliphatic carbocycles. The quantitative estimate of drug-likeness (QED) is 0.853. The van der Waals surface area contributed by atoms with Gasteiger partial charge in [-0.15, -0.1) is 17.5 Å². The van der Waals surface area contributed by atoms with Crippen molar-refractivity contribution in [2.24, 2.45) is 0 Å². The van der Waals surface area contributed by atoms with Crippen molar-refractivity contribution in [3.63, 3.8) is 0 Å². The number of hydrogen-bond donors (Lipinski definition) is 0. The maximum atomic E-state index is 5.35. The minimum absolute atomic E-state index is 0. The summed E-state index contributed by atoms with van der Waals surface area (Å²) in [7, 11) is 0. The maximum absolute atomic E-state index is 5.35. The Morgan fingerprint density at radius 1 is 1.10 bits per heavy atom. The van der Waals surface area contributed by atoms with E-state index in [0.29, 0.717) is 0 Å². The predicted octanol–water partition coefficient (Wildman–Crippen LogP) is 2.90. The van der Waals surface area contributed by atoms with Gasteiger partial charge in [-0.1, -0.05) is 0 Å². The van der Waals surface area contributed by atoms with E-state index in [4.69, 9.17) is 4.42 Å². The van der Waals surface area contributed by atoms with E-state index in [2.05, 4.69) is 21.2 Å². The highest BCUT2D eigenvalue weighted by atomic mass is 35.5. The van der Waals surface area contributed by atoms with E-state index in [0.717, 1.165) is 23.7 Å². The molecule has 106 valence electrons. The molecule has 2 aromatic heterocycles. The number of nitrogens with zero attached hydrogens (tertiary/aromatic N) is 3. The number of piperidine rings is 1. The van der Waals surface area contributed by atoms with Gasteiger partial charge >= 0.3 is 0 Å². The first-order valence-corrected chi connectivity index (χ1v) is 6.96. The number of rotatable bonds is 2. The van der Waals surface area contributed by atoms with E-state index in [1.54, 1.807) is 6.26 Å². The van der Waals surface area contributed by atoms with Crippen molar-refractivity contribution in [3.8, 4) is 11.5 Å². The molecule has 2 aliphatic heterocycles. The van der Waals surface area contributed by atoms with E-state index in [9.17, 15) is 0 Å². The molecule has 2 fully saturated rings. The minimum atomic E-state index is 0. The maximum Gasteiger partial charge on any atom is 0.154 e. The van der Waals surface area contributed by atoms with Gasteiger partial charge in [-0.3, -0.25) is 0 Å². The summed E-state index contributed by atoms with van der Waals surface area (Å²) >= 11 is 0. The first kappa shape index (κ1) is 13.6. The van der Waals surface area contributed by atoms with Gasteiger partial charge in [0.15, 0.2) is 5.76 Å². The van der Waals surface area contributed by atoms with Crippen LogP contribution < -0.4 is 0 Å². The first-order valence-electron chi connectivity index (χ1n) is 6.96. The SMILES string of the molecule is Cl.c1coc(-c2ccc(C34CCCN(CC3)C4)nn2)c1. The lowest BCUT2D eigenvalue weighted by atomic mass is 9.78. The fraction of sp³-hybridized carbons (Fsp3) is 0.467. The molecule has 0 aromatic carbocycles. The summed E-state index contributed by atoms with van der Waals surface area (Å²) in [5.74, 6) is 0.785. The molecule has 5 heteroatoms. The fourth-order valence-electron chi connectivity index (χ4n) is 3.50.